The quantitative estimate of drug-likeness (QED) is 0.320. The molecule has 178 valence electrons. The Balaban J connectivity index is 1.80. The van der Waals surface area contributed by atoms with Crippen LogP contribution in [-0.2, 0) is 23.7 Å². The minimum absolute atomic E-state index is 0.0693. The van der Waals surface area contributed by atoms with Crippen LogP contribution in [0.2, 0.25) is 0 Å². The van der Waals surface area contributed by atoms with Gasteiger partial charge in [-0.05, 0) is 25.5 Å². The number of anilines is 1. The smallest absolute Gasteiger partial charge is 0.335 e. The Hall–Kier alpha value is -2.46. The molecule has 0 atom stereocenters. The third-order valence-electron chi connectivity index (χ3n) is 4.92. The monoisotopic (exact) mass is 451 g/mol. The van der Waals surface area contributed by atoms with E-state index in [1.807, 2.05) is 6.92 Å². The molecule has 0 saturated carbocycles. The van der Waals surface area contributed by atoms with Gasteiger partial charge in [0.1, 0.15) is 12.4 Å². The van der Waals surface area contributed by atoms with Crippen molar-refractivity contribution in [3.05, 3.63) is 35.4 Å². The van der Waals surface area contributed by atoms with Crippen LogP contribution in [0.1, 0.15) is 28.8 Å². The second-order valence-corrected chi connectivity index (χ2v) is 7.32. The minimum Gasteiger partial charge on any atom is -0.491 e. The summed E-state index contributed by atoms with van der Waals surface area (Å²) in [5.41, 5.74) is 2.22. The molecule has 1 N–H and O–H groups in total. The van der Waals surface area contributed by atoms with E-state index in [1.165, 1.54) is 12.1 Å². The van der Waals surface area contributed by atoms with Crippen LogP contribution in [0.4, 0.5) is 5.69 Å². The lowest BCUT2D eigenvalue weighted by Gasteiger charge is -2.30. The summed E-state index contributed by atoms with van der Waals surface area (Å²) < 4.78 is 26.8. The van der Waals surface area contributed by atoms with Crippen molar-refractivity contribution in [1.82, 2.24) is 0 Å². The Labute approximate surface area is 188 Å². The summed E-state index contributed by atoms with van der Waals surface area (Å²) in [4.78, 5) is 25.6. The zero-order valence-electron chi connectivity index (χ0n) is 18.9. The van der Waals surface area contributed by atoms with E-state index in [0.717, 1.165) is 5.57 Å². The van der Waals surface area contributed by atoms with Gasteiger partial charge < -0.3 is 33.7 Å². The molecule has 1 saturated heterocycles. The number of benzene rings is 1. The topological polar surface area (TPSA) is 104 Å². The SMILES string of the molecule is C=C1CCN(c2cc(C(=O)O)cc(OCCOCCOCCOCCOC)c2C)C(=O)C1. The number of carboxylic acids is 1. The van der Waals surface area contributed by atoms with E-state index >= 15 is 0 Å². The molecule has 2 rings (SSSR count). The van der Waals surface area contributed by atoms with Gasteiger partial charge in [-0.3, -0.25) is 4.79 Å². The molecule has 1 amide bonds. The van der Waals surface area contributed by atoms with Crippen molar-refractivity contribution in [3.8, 4) is 5.75 Å². The van der Waals surface area contributed by atoms with E-state index < -0.39 is 5.97 Å². The Bertz CT molecular complexity index is 780. The van der Waals surface area contributed by atoms with E-state index in [4.69, 9.17) is 23.7 Å². The molecular formula is C23H33NO8. The molecule has 0 aromatic heterocycles. The van der Waals surface area contributed by atoms with Crippen LogP contribution in [-0.4, -0.2) is 83.5 Å². The van der Waals surface area contributed by atoms with Crippen molar-refractivity contribution < 1.29 is 38.4 Å². The third kappa shape index (κ3) is 8.23. The average Bonchev–Trinajstić information content (AvgIpc) is 2.75. The molecule has 0 unspecified atom stereocenters. The highest BCUT2D eigenvalue weighted by Crippen LogP contribution is 2.33. The van der Waals surface area contributed by atoms with Crippen molar-refractivity contribution in [3.63, 3.8) is 0 Å². The third-order valence-corrected chi connectivity index (χ3v) is 4.92. The summed E-state index contributed by atoms with van der Waals surface area (Å²) in [6.07, 6.45) is 0.954. The molecule has 1 aromatic rings. The van der Waals surface area contributed by atoms with Gasteiger partial charge >= 0.3 is 5.97 Å². The van der Waals surface area contributed by atoms with E-state index in [-0.39, 0.29) is 24.5 Å². The lowest BCUT2D eigenvalue weighted by atomic mass is 10.0. The zero-order chi connectivity index (χ0) is 23.3. The summed E-state index contributed by atoms with van der Waals surface area (Å²) in [7, 11) is 1.62. The average molecular weight is 452 g/mol. The van der Waals surface area contributed by atoms with Crippen LogP contribution in [0.5, 0.6) is 5.75 Å². The Morgan fingerprint density at radius 2 is 1.62 bits per heavy atom. The van der Waals surface area contributed by atoms with Gasteiger partial charge in [-0.2, -0.15) is 0 Å². The second-order valence-electron chi connectivity index (χ2n) is 7.32. The van der Waals surface area contributed by atoms with Crippen LogP contribution >= 0.6 is 0 Å². The van der Waals surface area contributed by atoms with E-state index in [1.54, 1.807) is 12.0 Å². The van der Waals surface area contributed by atoms with Crippen molar-refractivity contribution >= 4 is 17.6 Å². The molecule has 1 aliphatic heterocycles. The maximum absolute atomic E-state index is 12.5. The number of carbonyl (C=O) groups is 2. The van der Waals surface area contributed by atoms with Gasteiger partial charge in [0.05, 0.1) is 57.5 Å². The molecule has 9 heteroatoms. The maximum Gasteiger partial charge on any atom is 0.335 e. The highest BCUT2D eigenvalue weighted by atomic mass is 16.6. The molecule has 1 aromatic carbocycles. The van der Waals surface area contributed by atoms with Crippen LogP contribution in [0.25, 0.3) is 0 Å². The highest BCUT2D eigenvalue weighted by Gasteiger charge is 2.25. The number of carboxylic acid groups (broad SMARTS) is 1. The van der Waals surface area contributed by atoms with Gasteiger partial charge in [0, 0.05) is 25.6 Å². The number of rotatable bonds is 15. The molecule has 9 nitrogen and oxygen atoms in total. The standard InChI is InChI=1S/C23H33NO8/c1-17-4-5-24(22(25)14-17)20-15-19(23(26)27)16-21(18(20)2)32-13-12-31-11-10-30-9-8-29-7-6-28-3/h15-16H,1,4-14H2,2-3H3,(H,26,27). The van der Waals surface area contributed by atoms with Crippen molar-refractivity contribution in [2.45, 2.75) is 19.8 Å². The summed E-state index contributed by atoms with van der Waals surface area (Å²) in [5, 5.41) is 9.48. The van der Waals surface area contributed by atoms with Gasteiger partial charge in [-0.25, -0.2) is 4.79 Å². The predicted octanol–water partition coefficient (Wildman–Crippen LogP) is 2.45. The number of piperidine rings is 1. The number of ether oxygens (including phenoxy) is 5. The molecule has 0 aliphatic carbocycles. The van der Waals surface area contributed by atoms with Gasteiger partial charge in [0.15, 0.2) is 0 Å². The molecular weight excluding hydrogens is 418 g/mol. The number of aromatic carboxylic acids is 1. The predicted molar refractivity (Wildman–Crippen MR) is 119 cm³/mol. The summed E-state index contributed by atoms with van der Waals surface area (Å²) in [6, 6.07) is 2.99. The van der Waals surface area contributed by atoms with E-state index in [2.05, 4.69) is 6.58 Å². The number of carbonyl (C=O) groups excluding carboxylic acids is 1. The molecule has 0 radical (unpaired) electrons. The first-order chi connectivity index (χ1) is 15.4. The number of methoxy groups -OCH3 is 1. The minimum atomic E-state index is -1.08. The summed E-state index contributed by atoms with van der Waals surface area (Å²) in [6.45, 7) is 9.66. The molecule has 1 heterocycles. The normalized spacial score (nSPS) is 14.1. The first-order valence-corrected chi connectivity index (χ1v) is 10.6. The van der Waals surface area contributed by atoms with Crippen LogP contribution in [0.3, 0.4) is 0 Å². The zero-order valence-corrected chi connectivity index (χ0v) is 18.9. The Morgan fingerprint density at radius 1 is 1.03 bits per heavy atom. The fourth-order valence-corrected chi connectivity index (χ4v) is 3.17. The first kappa shape index (κ1) is 25.8. The van der Waals surface area contributed by atoms with Gasteiger partial charge in [-0.1, -0.05) is 12.2 Å². The molecule has 1 aliphatic rings. The van der Waals surface area contributed by atoms with Crippen LogP contribution in [0, 0.1) is 6.92 Å². The number of hydrogen-bond acceptors (Lipinski definition) is 7. The number of amides is 1. The molecule has 0 bridgehead atoms. The number of nitrogens with zero attached hydrogens (tertiary/aromatic N) is 1. The van der Waals surface area contributed by atoms with Gasteiger partial charge in [0.2, 0.25) is 5.91 Å². The van der Waals surface area contributed by atoms with Gasteiger partial charge in [-0.15, -0.1) is 0 Å². The lowest BCUT2D eigenvalue weighted by molar-refractivity contribution is -0.118. The van der Waals surface area contributed by atoms with Crippen LogP contribution < -0.4 is 9.64 Å². The first-order valence-electron chi connectivity index (χ1n) is 10.6. The second kappa shape index (κ2) is 13.8. The van der Waals surface area contributed by atoms with Crippen molar-refractivity contribution in [2.24, 2.45) is 0 Å². The van der Waals surface area contributed by atoms with Gasteiger partial charge in [0.25, 0.3) is 0 Å². The Kier molecular flexibility index (Phi) is 11.2. The fourth-order valence-electron chi connectivity index (χ4n) is 3.17. The van der Waals surface area contributed by atoms with Crippen LogP contribution in [0.15, 0.2) is 24.3 Å². The largest absolute Gasteiger partial charge is 0.491 e. The molecule has 1 fully saturated rings. The van der Waals surface area contributed by atoms with Crippen molar-refractivity contribution in [1.29, 1.82) is 0 Å². The van der Waals surface area contributed by atoms with E-state index in [0.29, 0.717) is 76.2 Å². The maximum atomic E-state index is 12.5. The lowest BCUT2D eigenvalue weighted by Crippen LogP contribution is -2.36. The molecule has 32 heavy (non-hydrogen) atoms. The highest BCUT2D eigenvalue weighted by molar-refractivity contribution is 5.99. The Morgan fingerprint density at radius 3 is 2.19 bits per heavy atom. The summed E-state index contributed by atoms with van der Waals surface area (Å²) >= 11 is 0. The fraction of sp³-hybridized carbons (Fsp3) is 0.565. The van der Waals surface area contributed by atoms with E-state index in [9.17, 15) is 14.7 Å². The molecule has 0 spiro atoms. The van der Waals surface area contributed by atoms with Crippen molar-refractivity contribution in [2.75, 3.05) is 71.4 Å². The number of hydrogen-bond donors (Lipinski definition) is 1. The summed E-state index contributed by atoms with van der Waals surface area (Å²) in [5.74, 6) is -0.750.